The fourth-order valence-electron chi connectivity index (χ4n) is 4.57. The number of rotatable bonds is 6. The SMILES string of the molecule is CC(C)(NC(=O)OCC1c2ccccc2-c2ccccc21)C(C)(C)C(=O)N1CC(O)(C(=O)O)C1. The first kappa shape index (κ1) is 23.8. The topological polar surface area (TPSA) is 116 Å². The van der Waals surface area contributed by atoms with Crippen molar-refractivity contribution >= 4 is 18.0 Å². The minimum Gasteiger partial charge on any atom is -0.479 e. The number of β-amino-alcohol motifs (C(OH)–C–C–N with tert-alkyl or cyclic N) is 1. The average Bonchev–Trinajstić information content (AvgIpc) is 3.08. The summed E-state index contributed by atoms with van der Waals surface area (Å²) < 4.78 is 5.62. The molecule has 2 aliphatic rings. The van der Waals surface area contributed by atoms with Crippen LogP contribution in [0.3, 0.4) is 0 Å². The fraction of sp³-hybridized carbons (Fsp3) is 0.423. The van der Waals surface area contributed by atoms with Crippen molar-refractivity contribution in [2.24, 2.45) is 5.41 Å². The summed E-state index contributed by atoms with van der Waals surface area (Å²) in [5.41, 5.74) is 0.466. The number of aliphatic hydroxyl groups is 1. The van der Waals surface area contributed by atoms with Crippen molar-refractivity contribution in [1.29, 1.82) is 0 Å². The number of carboxylic acid groups (broad SMARTS) is 1. The number of carbonyl (C=O) groups is 3. The predicted octanol–water partition coefficient (Wildman–Crippen LogP) is 2.99. The Kier molecular flexibility index (Phi) is 5.68. The van der Waals surface area contributed by atoms with Gasteiger partial charge in [-0.05, 0) is 49.9 Å². The molecule has 1 saturated heterocycles. The smallest absolute Gasteiger partial charge is 0.407 e. The number of aliphatic carboxylic acids is 1. The lowest BCUT2D eigenvalue weighted by molar-refractivity contribution is -0.186. The summed E-state index contributed by atoms with van der Waals surface area (Å²) in [5.74, 6) is -1.79. The minimum atomic E-state index is -1.92. The van der Waals surface area contributed by atoms with E-state index in [1.54, 1.807) is 27.7 Å². The maximum Gasteiger partial charge on any atom is 0.407 e. The van der Waals surface area contributed by atoms with Gasteiger partial charge in [0.05, 0.1) is 24.0 Å². The van der Waals surface area contributed by atoms with Crippen molar-refractivity contribution in [3.63, 3.8) is 0 Å². The molecule has 8 nitrogen and oxygen atoms in total. The molecule has 0 saturated carbocycles. The van der Waals surface area contributed by atoms with Crippen LogP contribution in [0.5, 0.6) is 0 Å². The number of hydrogen-bond acceptors (Lipinski definition) is 5. The highest BCUT2D eigenvalue weighted by atomic mass is 16.5. The summed E-state index contributed by atoms with van der Waals surface area (Å²) in [7, 11) is 0. The molecule has 2 aromatic carbocycles. The molecule has 2 aromatic rings. The first-order valence-electron chi connectivity index (χ1n) is 11.3. The highest BCUT2D eigenvalue weighted by Crippen LogP contribution is 2.44. The van der Waals surface area contributed by atoms with E-state index in [2.05, 4.69) is 17.4 Å². The third-order valence-electron chi connectivity index (χ3n) is 7.45. The number of hydrogen-bond donors (Lipinski definition) is 3. The van der Waals surface area contributed by atoms with Gasteiger partial charge >= 0.3 is 12.1 Å². The molecule has 1 fully saturated rings. The van der Waals surface area contributed by atoms with Gasteiger partial charge in [0.15, 0.2) is 5.60 Å². The van der Waals surface area contributed by atoms with Gasteiger partial charge in [-0.3, -0.25) is 4.79 Å². The van der Waals surface area contributed by atoms with Crippen LogP contribution in [0.2, 0.25) is 0 Å². The summed E-state index contributed by atoms with van der Waals surface area (Å²) in [5, 5.41) is 21.8. The number of likely N-dealkylation sites (tertiary alicyclic amines) is 1. The number of benzene rings is 2. The molecule has 0 aromatic heterocycles. The second kappa shape index (κ2) is 8.13. The standard InChI is InChI=1S/C26H30N2O6/c1-24(2,21(29)28-14-26(33,15-28)22(30)31)25(3,4)27-23(32)34-13-20-18-11-7-5-9-16(18)17-10-6-8-12-19(17)20/h5-12,20,33H,13-15H2,1-4H3,(H,27,32)(H,30,31). The Morgan fingerprint density at radius 3 is 2.00 bits per heavy atom. The maximum absolute atomic E-state index is 13.1. The van der Waals surface area contributed by atoms with Gasteiger partial charge < -0.3 is 25.2 Å². The van der Waals surface area contributed by atoms with Crippen LogP contribution in [0.1, 0.15) is 44.7 Å². The first-order chi connectivity index (χ1) is 15.9. The highest BCUT2D eigenvalue weighted by Gasteiger charge is 2.55. The van der Waals surface area contributed by atoms with Crippen LogP contribution >= 0.6 is 0 Å². The number of carbonyl (C=O) groups excluding carboxylic acids is 2. The van der Waals surface area contributed by atoms with Gasteiger partial charge in [-0.1, -0.05) is 48.5 Å². The normalized spacial score (nSPS) is 16.8. The minimum absolute atomic E-state index is 0.0781. The van der Waals surface area contributed by atoms with Crippen molar-refractivity contribution < 1.29 is 29.3 Å². The number of nitrogens with zero attached hydrogens (tertiary/aromatic N) is 1. The van der Waals surface area contributed by atoms with Crippen LogP contribution in [0.4, 0.5) is 4.79 Å². The van der Waals surface area contributed by atoms with Crippen LogP contribution in [0, 0.1) is 5.41 Å². The maximum atomic E-state index is 13.1. The summed E-state index contributed by atoms with van der Waals surface area (Å²) in [4.78, 5) is 38.3. The largest absolute Gasteiger partial charge is 0.479 e. The van der Waals surface area contributed by atoms with E-state index in [1.807, 2.05) is 36.4 Å². The highest BCUT2D eigenvalue weighted by molar-refractivity contribution is 5.89. The van der Waals surface area contributed by atoms with Gasteiger partial charge in [-0.15, -0.1) is 0 Å². The van der Waals surface area contributed by atoms with E-state index in [1.165, 1.54) is 4.90 Å². The average molecular weight is 467 g/mol. The molecule has 4 rings (SSSR count). The molecule has 1 aliphatic heterocycles. The number of amides is 2. The first-order valence-corrected chi connectivity index (χ1v) is 11.3. The quantitative estimate of drug-likeness (QED) is 0.603. The van der Waals surface area contributed by atoms with Crippen molar-refractivity contribution in [2.45, 2.75) is 44.8 Å². The number of fused-ring (bicyclic) bond motifs is 3. The Morgan fingerprint density at radius 2 is 1.50 bits per heavy atom. The molecule has 0 bridgehead atoms. The van der Waals surface area contributed by atoms with Gasteiger partial charge in [0.1, 0.15) is 6.61 Å². The summed E-state index contributed by atoms with van der Waals surface area (Å²) in [6.07, 6.45) is -0.640. The van der Waals surface area contributed by atoms with Gasteiger partial charge in [0.25, 0.3) is 0 Å². The Morgan fingerprint density at radius 1 is 1.00 bits per heavy atom. The third-order valence-corrected chi connectivity index (χ3v) is 7.45. The lowest BCUT2D eigenvalue weighted by atomic mass is 9.72. The van der Waals surface area contributed by atoms with E-state index in [9.17, 15) is 19.5 Å². The molecule has 3 N–H and O–H groups in total. The Hall–Kier alpha value is -3.39. The van der Waals surface area contributed by atoms with Gasteiger partial charge in [0.2, 0.25) is 5.91 Å². The zero-order valence-electron chi connectivity index (χ0n) is 19.8. The van der Waals surface area contributed by atoms with Crippen LogP contribution in [0.25, 0.3) is 11.1 Å². The zero-order valence-corrected chi connectivity index (χ0v) is 19.8. The molecule has 2 amide bonds. The van der Waals surface area contributed by atoms with E-state index in [-0.39, 0.29) is 31.5 Å². The molecule has 1 aliphatic carbocycles. The lowest BCUT2D eigenvalue weighted by Crippen LogP contribution is -2.71. The second-order valence-electron chi connectivity index (χ2n) is 10.2. The van der Waals surface area contributed by atoms with Crippen LogP contribution < -0.4 is 5.32 Å². The van der Waals surface area contributed by atoms with E-state index >= 15 is 0 Å². The van der Waals surface area contributed by atoms with Crippen LogP contribution in [0.15, 0.2) is 48.5 Å². The number of ether oxygens (including phenoxy) is 1. The summed E-state index contributed by atoms with van der Waals surface area (Å²) in [6.45, 7) is 6.37. The van der Waals surface area contributed by atoms with Crippen molar-refractivity contribution in [3.8, 4) is 11.1 Å². The molecule has 0 unspecified atom stereocenters. The zero-order chi connectivity index (χ0) is 24.9. The summed E-state index contributed by atoms with van der Waals surface area (Å²) in [6, 6.07) is 16.1. The monoisotopic (exact) mass is 466 g/mol. The van der Waals surface area contributed by atoms with Crippen LogP contribution in [-0.2, 0) is 14.3 Å². The number of alkyl carbamates (subject to hydrolysis) is 1. The fourth-order valence-corrected chi connectivity index (χ4v) is 4.57. The molecule has 34 heavy (non-hydrogen) atoms. The van der Waals surface area contributed by atoms with E-state index < -0.39 is 28.6 Å². The molecular formula is C26H30N2O6. The van der Waals surface area contributed by atoms with Crippen molar-refractivity contribution in [1.82, 2.24) is 10.2 Å². The van der Waals surface area contributed by atoms with Crippen molar-refractivity contribution in [2.75, 3.05) is 19.7 Å². The molecule has 180 valence electrons. The molecule has 0 spiro atoms. The molecule has 0 atom stereocenters. The van der Waals surface area contributed by atoms with E-state index in [0.29, 0.717) is 0 Å². The van der Waals surface area contributed by atoms with Crippen molar-refractivity contribution in [3.05, 3.63) is 59.7 Å². The Balaban J connectivity index is 1.41. The Bertz CT molecular complexity index is 1100. The number of carboxylic acids is 1. The second-order valence-corrected chi connectivity index (χ2v) is 10.2. The predicted molar refractivity (Wildman–Crippen MR) is 125 cm³/mol. The van der Waals surface area contributed by atoms with Gasteiger partial charge in [-0.25, -0.2) is 9.59 Å². The van der Waals surface area contributed by atoms with Crippen LogP contribution in [-0.4, -0.2) is 63.9 Å². The Labute approximate surface area is 198 Å². The molecule has 1 heterocycles. The molecular weight excluding hydrogens is 436 g/mol. The summed E-state index contributed by atoms with van der Waals surface area (Å²) >= 11 is 0. The van der Waals surface area contributed by atoms with Gasteiger partial charge in [-0.2, -0.15) is 0 Å². The van der Waals surface area contributed by atoms with E-state index in [0.717, 1.165) is 22.3 Å². The molecule has 0 radical (unpaired) electrons. The lowest BCUT2D eigenvalue weighted by Gasteiger charge is -2.49. The number of nitrogens with one attached hydrogen (secondary N) is 1. The molecule has 8 heteroatoms. The van der Waals surface area contributed by atoms with E-state index in [4.69, 9.17) is 9.84 Å². The van der Waals surface area contributed by atoms with Gasteiger partial charge in [0, 0.05) is 5.92 Å². The third kappa shape index (κ3) is 3.81.